The van der Waals surface area contributed by atoms with E-state index in [1.165, 1.54) is 12.1 Å². The summed E-state index contributed by atoms with van der Waals surface area (Å²) in [6, 6.07) is 8.49. The molecule has 0 radical (unpaired) electrons. The second-order valence-electron chi connectivity index (χ2n) is 5.44. The quantitative estimate of drug-likeness (QED) is 0.630. The highest BCUT2D eigenvalue weighted by atomic mass is 35.5. The number of hydrogen-bond donors (Lipinski definition) is 2. The van der Waals surface area contributed by atoms with Crippen LogP contribution in [0.4, 0.5) is 5.82 Å². The Kier molecular flexibility index (Phi) is 3.75. The zero-order valence-electron chi connectivity index (χ0n) is 12.6. The van der Waals surface area contributed by atoms with Crippen molar-refractivity contribution in [2.45, 2.75) is 0 Å². The van der Waals surface area contributed by atoms with Crippen molar-refractivity contribution in [3.8, 4) is 17.1 Å². The van der Waals surface area contributed by atoms with Crippen LogP contribution in [0.25, 0.3) is 23.0 Å². The number of amides is 1. The van der Waals surface area contributed by atoms with E-state index in [1.54, 1.807) is 24.6 Å². The van der Waals surface area contributed by atoms with Crippen molar-refractivity contribution in [3.63, 3.8) is 0 Å². The molecule has 1 aliphatic rings. The first-order chi connectivity index (χ1) is 12.0. The number of halogens is 2. The number of benzene rings is 1. The third-order valence-electron chi connectivity index (χ3n) is 3.81. The van der Waals surface area contributed by atoms with E-state index in [2.05, 4.69) is 10.3 Å². The van der Waals surface area contributed by atoms with Gasteiger partial charge in [-0.25, -0.2) is 4.98 Å². The molecule has 3 heterocycles. The Morgan fingerprint density at radius 2 is 1.96 bits per heavy atom. The van der Waals surface area contributed by atoms with Crippen LogP contribution in [0.1, 0.15) is 11.1 Å². The maximum Gasteiger partial charge on any atom is 0.257 e. The van der Waals surface area contributed by atoms with Crippen LogP contribution < -0.4 is 5.32 Å². The van der Waals surface area contributed by atoms with Gasteiger partial charge in [-0.1, -0.05) is 23.2 Å². The molecule has 25 heavy (non-hydrogen) atoms. The SMILES string of the molecule is O=C1Nc2ncc(-c3ccco3)cc2/C1=C\c1cc(Cl)c(O)c(Cl)c1. The van der Waals surface area contributed by atoms with Gasteiger partial charge >= 0.3 is 0 Å². The monoisotopic (exact) mass is 372 g/mol. The molecule has 0 saturated carbocycles. The number of hydrogen-bond acceptors (Lipinski definition) is 4. The van der Waals surface area contributed by atoms with Crippen molar-refractivity contribution >= 4 is 46.6 Å². The summed E-state index contributed by atoms with van der Waals surface area (Å²) in [5.41, 5.74) is 2.43. The van der Waals surface area contributed by atoms with Crippen molar-refractivity contribution in [2.75, 3.05) is 5.32 Å². The molecule has 2 aromatic heterocycles. The number of aromatic nitrogens is 1. The van der Waals surface area contributed by atoms with Gasteiger partial charge in [-0.2, -0.15) is 0 Å². The number of furan rings is 1. The standard InChI is InChI=1S/C18H10Cl2N2O3/c19-13-5-9(6-14(20)16(13)23)4-12-11-7-10(15-2-1-3-25-15)8-21-17(11)22-18(12)24/h1-8,23H,(H,21,22,24)/b12-4+. The number of nitrogens with zero attached hydrogens (tertiary/aromatic N) is 1. The van der Waals surface area contributed by atoms with Crippen LogP contribution >= 0.6 is 23.2 Å². The number of pyridine rings is 1. The van der Waals surface area contributed by atoms with E-state index in [-0.39, 0.29) is 21.7 Å². The summed E-state index contributed by atoms with van der Waals surface area (Å²) in [4.78, 5) is 16.6. The van der Waals surface area contributed by atoms with Gasteiger partial charge in [0.25, 0.3) is 5.91 Å². The van der Waals surface area contributed by atoms with E-state index in [4.69, 9.17) is 27.6 Å². The molecule has 0 bridgehead atoms. The highest BCUT2D eigenvalue weighted by molar-refractivity contribution is 6.38. The molecule has 5 nitrogen and oxygen atoms in total. The van der Waals surface area contributed by atoms with Crippen molar-refractivity contribution in [1.82, 2.24) is 4.98 Å². The number of phenolic OH excluding ortho intramolecular Hbond substituents is 1. The number of rotatable bonds is 2. The lowest BCUT2D eigenvalue weighted by Gasteiger charge is -2.04. The number of anilines is 1. The van der Waals surface area contributed by atoms with Gasteiger partial charge in [0.15, 0.2) is 5.75 Å². The van der Waals surface area contributed by atoms with Gasteiger partial charge in [0.1, 0.15) is 11.6 Å². The van der Waals surface area contributed by atoms with Gasteiger partial charge < -0.3 is 14.8 Å². The fraction of sp³-hybridized carbons (Fsp3) is 0. The van der Waals surface area contributed by atoms with Crippen LogP contribution in [0.3, 0.4) is 0 Å². The fourth-order valence-electron chi connectivity index (χ4n) is 2.62. The van der Waals surface area contributed by atoms with Gasteiger partial charge in [0.05, 0.1) is 21.9 Å². The Labute approximate surface area is 152 Å². The predicted molar refractivity (Wildman–Crippen MR) is 96.6 cm³/mol. The molecule has 0 unspecified atom stereocenters. The third kappa shape index (κ3) is 2.77. The Bertz CT molecular complexity index is 1000. The van der Waals surface area contributed by atoms with Crippen LogP contribution in [-0.4, -0.2) is 16.0 Å². The summed E-state index contributed by atoms with van der Waals surface area (Å²) < 4.78 is 5.38. The maximum absolute atomic E-state index is 12.3. The highest BCUT2D eigenvalue weighted by Gasteiger charge is 2.26. The summed E-state index contributed by atoms with van der Waals surface area (Å²) in [5.74, 6) is 0.662. The molecular weight excluding hydrogens is 363 g/mol. The number of carbonyl (C=O) groups excluding carboxylic acids is 1. The molecule has 4 rings (SSSR count). The molecule has 0 saturated heterocycles. The molecule has 0 spiro atoms. The Balaban J connectivity index is 1.82. The molecule has 2 N–H and O–H groups in total. The molecule has 1 aliphatic heterocycles. The summed E-state index contributed by atoms with van der Waals surface area (Å²) in [5, 5.41) is 12.6. The molecular formula is C18H10Cl2N2O3. The largest absolute Gasteiger partial charge is 0.505 e. The lowest BCUT2D eigenvalue weighted by Crippen LogP contribution is -2.04. The van der Waals surface area contributed by atoms with Gasteiger partial charge in [0.2, 0.25) is 0 Å². The van der Waals surface area contributed by atoms with E-state index in [0.29, 0.717) is 28.3 Å². The molecule has 0 fully saturated rings. The normalized spacial score (nSPS) is 14.6. The molecule has 0 atom stereocenters. The molecule has 0 aliphatic carbocycles. The molecule has 3 aromatic rings. The van der Waals surface area contributed by atoms with Gasteiger partial charge in [-0.05, 0) is 42.0 Å². The van der Waals surface area contributed by atoms with Crippen LogP contribution in [0, 0.1) is 0 Å². The van der Waals surface area contributed by atoms with Crippen molar-refractivity contribution < 1.29 is 14.3 Å². The first kappa shape index (κ1) is 15.7. The minimum Gasteiger partial charge on any atom is -0.505 e. The molecule has 7 heteroatoms. The van der Waals surface area contributed by atoms with Crippen molar-refractivity contribution in [2.24, 2.45) is 0 Å². The fourth-order valence-corrected chi connectivity index (χ4v) is 3.13. The van der Waals surface area contributed by atoms with Crippen molar-refractivity contribution in [1.29, 1.82) is 0 Å². The smallest absolute Gasteiger partial charge is 0.257 e. The first-order valence-electron chi connectivity index (χ1n) is 7.28. The average Bonchev–Trinajstić information content (AvgIpc) is 3.21. The number of fused-ring (bicyclic) bond motifs is 1. The molecule has 1 aromatic carbocycles. The van der Waals surface area contributed by atoms with Gasteiger partial charge in [-0.15, -0.1) is 0 Å². The summed E-state index contributed by atoms with van der Waals surface area (Å²) in [7, 11) is 0. The Hall–Kier alpha value is -2.76. The van der Waals surface area contributed by atoms with Crippen molar-refractivity contribution in [3.05, 3.63) is 64.0 Å². The summed E-state index contributed by atoms with van der Waals surface area (Å²) in [6.07, 6.45) is 4.85. The molecule has 1 amide bonds. The average molecular weight is 373 g/mol. The van der Waals surface area contributed by atoms with Gasteiger partial charge in [-0.3, -0.25) is 4.79 Å². The van der Waals surface area contributed by atoms with E-state index in [9.17, 15) is 9.90 Å². The van der Waals surface area contributed by atoms with E-state index >= 15 is 0 Å². The van der Waals surface area contributed by atoms with Crippen LogP contribution in [-0.2, 0) is 4.79 Å². The van der Waals surface area contributed by atoms with E-state index < -0.39 is 0 Å². The zero-order chi connectivity index (χ0) is 17.6. The Morgan fingerprint density at radius 3 is 2.64 bits per heavy atom. The lowest BCUT2D eigenvalue weighted by atomic mass is 10.0. The van der Waals surface area contributed by atoms with E-state index in [0.717, 1.165) is 5.56 Å². The van der Waals surface area contributed by atoms with E-state index in [1.807, 2.05) is 12.1 Å². The second kappa shape index (κ2) is 5.95. The van der Waals surface area contributed by atoms with Crippen LogP contribution in [0.2, 0.25) is 10.0 Å². The number of phenols is 1. The number of carbonyl (C=O) groups is 1. The molecule has 124 valence electrons. The van der Waals surface area contributed by atoms with Crippen LogP contribution in [0.5, 0.6) is 5.75 Å². The third-order valence-corrected chi connectivity index (χ3v) is 4.39. The Morgan fingerprint density at radius 1 is 1.20 bits per heavy atom. The zero-order valence-corrected chi connectivity index (χ0v) is 14.1. The van der Waals surface area contributed by atoms with Crippen LogP contribution in [0.15, 0.2) is 47.2 Å². The summed E-state index contributed by atoms with van der Waals surface area (Å²) in [6.45, 7) is 0. The minimum absolute atomic E-state index is 0.112. The summed E-state index contributed by atoms with van der Waals surface area (Å²) >= 11 is 11.9. The predicted octanol–water partition coefficient (Wildman–Crippen LogP) is 4.85. The second-order valence-corrected chi connectivity index (χ2v) is 6.26. The maximum atomic E-state index is 12.3. The number of nitrogens with one attached hydrogen (secondary N) is 1. The highest BCUT2D eigenvalue weighted by Crippen LogP contribution is 2.37. The minimum atomic E-state index is -0.278. The van der Waals surface area contributed by atoms with Gasteiger partial charge in [0, 0.05) is 17.3 Å². The first-order valence-corrected chi connectivity index (χ1v) is 8.04. The number of aromatic hydroxyl groups is 1. The topological polar surface area (TPSA) is 75.4 Å². The lowest BCUT2D eigenvalue weighted by molar-refractivity contribution is -0.110.